The van der Waals surface area contributed by atoms with E-state index in [0.29, 0.717) is 17.9 Å². The number of amides is 1. The lowest BCUT2D eigenvalue weighted by Gasteiger charge is -2.03. The third-order valence-electron chi connectivity index (χ3n) is 1.18. The van der Waals surface area contributed by atoms with Crippen LogP contribution in [0.4, 0.5) is 11.5 Å². The fourth-order valence-electron chi connectivity index (χ4n) is 0.683. The van der Waals surface area contributed by atoms with E-state index in [0.717, 1.165) is 0 Å². The van der Waals surface area contributed by atoms with Crippen LogP contribution in [0.25, 0.3) is 0 Å². The van der Waals surface area contributed by atoms with E-state index in [4.69, 9.17) is 0 Å². The van der Waals surface area contributed by atoms with E-state index in [1.54, 1.807) is 13.2 Å². The predicted octanol–water partition coefficient (Wildman–Crippen LogP) is 0.0866. The highest BCUT2D eigenvalue weighted by molar-refractivity contribution is 5.76. The van der Waals surface area contributed by atoms with E-state index >= 15 is 0 Å². The minimum Gasteiger partial charge on any atom is -0.384 e. The second kappa shape index (κ2) is 3.50. The molecule has 5 heteroatoms. The number of nitrogens with zero attached hydrogens (tertiary/aromatic N) is 2. The third-order valence-corrected chi connectivity index (χ3v) is 1.18. The van der Waals surface area contributed by atoms with Crippen molar-refractivity contribution in [2.75, 3.05) is 17.7 Å². The molecule has 0 fully saturated rings. The maximum absolute atomic E-state index is 10.0. The average Bonchev–Trinajstić information content (AvgIpc) is 2.06. The van der Waals surface area contributed by atoms with Crippen LogP contribution in [0, 0.1) is 0 Å². The maximum atomic E-state index is 10.0. The molecule has 11 heavy (non-hydrogen) atoms. The van der Waals surface area contributed by atoms with Crippen molar-refractivity contribution in [3.8, 4) is 0 Å². The van der Waals surface area contributed by atoms with E-state index in [2.05, 4.69) is 20.6 Å². The first-order chi connectivity index (χ1) is 5.38. The van der Waals surface area contributed by atoms with Gasteiger partial charge in [0, 0.05) is 7.05 Å². The van der Waals surface area contributed by atoms with Crippen LogP contribution >= 0.6 is 0 Å². The van der Waals surface area contributed by atoms with Gasteiger partial charge in [-0.15, -0.1) is 0 Å². The predicted molar refractivity (Wildman–Crippen MR) is 41.3 cm³/mol. The van der Waals surface area contributed by atoms with Gasteiger partial charge in [0.05, 0.1) is 11.9 Å². The zero-order valence-electron chi connectivity index (χ0n) is 6.03. The van der Waals surface area contributed by atoms with Gasteiger partial charge in [0.1, 0.15) is 6.33 Å². The van der Waals surface area contributed by atoms with Gasteiger partial charge in [-0.25, -0.2) is 9.97 Å². The lowest BCUT2D eigenvalue weighted by atomic mass is 10.5. The van der Waals surface area contributed by atoms with Crippen LogP contribution in [-0.2, 0) is 4.79 Å². The molecule has 0 radical (unpaired) electrons. The van der Waals surface area contributed by atoms with Crippen molar-refractivity contribution in [3.63, 3.8) is 0 Å². The molecule has 58 valence electrons. The fourth-order valence-corrected chi connectivity index (χ4v) is 0.683. The topological polar surface area (TPSA) is 66.9 Å². The molecular weight excluding hydrogens is 144 g/mol. The molecular formula is C6H8N4O. The highest BCUT2D eigenvalue weighted by Gasteiger charge is 1.98. The highest BCUT2D eigenvalue weighted by Crippen LogP contribution is 2.13. The molecule has 1 rings (SSSR count). The molecule has 1 aromatic rings. The molecule has 5 nitrogen and oxygen atoms in total. The summed E-state index contributed by atoms with van der Waals surface area (Å²) in [5.41, 5.74) is 0.694. The Morgan fingerprint density at radius 2 is 2.45 bits per heavy atom. The normalized spacial score (nSPS) is 8.82. The van der Waals surface area contributed by atoms with Crippen molar-refractivity contribution < 1.29 is 4.79 Å². The lowest BCUT2D eigenvalue weighted by Crippen LogP contribution is -2.02. The van der Waals surface area contributed by atoms with Gasteiger partial charge >= 0.3 is 0 Å². The quantitative estimate of drug-likeness (QED) is 0.602. The fraction of sp³-hybridized carbons (Fsp3) is 0.167. The summed E-state index contributed by atoms with van der Waals surface area (Å²) < 4.78 is 0. The molecule has 0 bridgehead atoms. The first kappa shape index (κ1) is 7.46. The number of hydrogen-bond acceptors (Lipinski definition) is 4. The molecule has 0 spiro atoms. The minimum absolute atomic E-state index is 0.484. The minimum atomic E-state index is 0.484. The Balaban J connectivity index is 2.92. The van der Waals surface area contributed by atoms with Crippen LogP contribution in [0.1, 0.15) is 0 Å². The summed E-state index contributed by atoms with van der Waals surface area (Å²) in [6, 6.07) is 0. The summed E-state index contributed by atoms with van der Waals surface area (Å²) in [6.07, 6.45) is 3.52. The summed E-state index contributed by atoms with van der Waals surface area (Å²) in [5.74, 6) is 0.484. The standard InChI is InChI=1S/C6H8N4O/c1-7-5-2-8-3-9-6(5)10-4-11/h2-4,7H,1H3,(H,8,9,10,11). The maximum Gasteiger partial charge on any atom is 0.212 e. The summed E-state index contributed by atoms with van der Waals surface area (Å²) in [6.45, 7) is 0. The third kappa shape index (κ3) is 1.64. The second-order valence-corrected chi connectivity index (χ2v) is 1.80. The SMILES string of the molecule is CNc1cncnc1NC=O. The van der Waals surface area contributed by atoms with Crippen LogP contribution in [0.5, 0.6) is 0 Å². The van der Waals surface area contributed by atoms with Gasteiger partial charge in [-0.3, -0.25) is 4.79 Å². The number of carbonyl (C=O) groups is 1. The van der Waals surface area contributed by atoms with E-state index in [1.165, 1.54) is 6.33 Å². The van der Waals surface area contributed by atoms with Crippen LogP contribution in [0.3, 0.4) is 0 Å². The van der Waals surface area contributed by atoms with Crippen molar-refractivity contribution in [2.24, 2.45) is 0 Å². The Morgan fingerprint density at radius 3 is 3.09 bits per heavy atom. The van der Waals surface area contributed by atoms with Gasteiger partial charge in [0.2, 0.25) is 6.41 Å². The Kier molecular flexibility index (Phi) is 2.37. The Labute approximate surface area is 63.9 Å². The highest BCUT2D eigenvalue weighted by atomic mass is 16.1. The van der Waals surface area contributed by atoms with Crippen LogP contribution < -0.4 is 10.6 Å². The van der Waals surface area contributed by atoms with Crippen molar-refractivity contribution in [1.82, 2.24) is 9.97 Å². The molecule has 1 heterocycles. The summed E-state index contributed by atoms with van der Waals surface area (Å²) in [4.78, 5) is 17.6. The van der Waals surface area contributed by atoms with Gasteiger partial charge in [-0.1, -0.05) is 0 Å². The molecule has 0 aliphatic rings. The number of hydrogen-bond donors (Lipinski definition) is 2. The molecule has 1 amide bonds. The number of nitrogens with one attached hydrogen (secondary N) is 2. The molecule has 2 N–H and O–H groups in total. The van der Waals surface area contributed by atoms with Crippen LogP contribution in [-0.4, -0.2) is 23.4 Å². The molecule has 0 saturated carbocycles. The zero-order chi connectivity index (χ0) is 8.10. The molecule has 0 aliphatic carbocycles. The van der Waals surface area contributed by atoms with Crippen molar-refractivity contribution in [2.45, 2.75) is 0 Å². The molecule has 1 aromatic heterocycles. The zero-order valence-corrected chi connectivity index (χ0v) is 6.03. The largest absolute Gasteiger partial charge is 0.384 e. The number of aromatic nitrogens is 2. The smallest absolute Gasteiger partial charge is 0.212 e. The molecule has 0 unspecified atom stereocenters. The molecule has 0 aromatic carbocycles. The van der Waals surface area contributed by atoms with Crippen LogP contribution in [0.15, 0.2) is 12.5 Å². The van der Waals surface area contributed by atoms with Crippen molar-refractivity contribution in [1.29, 1.82) is 0 Å². The Hall–Kier alpha value is -1.65. The van der Waals surface area contributed by atoms with E-state index in [9.17, 15) is 4.79 Å². The van der Waals surface area contributed by atoms with E-state index in [-0.39, 0.29) is 0 Å². The van der Waals surface area contributed by atoms with Gasteiger partial charge in [0.25, 0.3) is 0 Å². The van der Waals surface area contributed by atoms with E-state index in [1.807, 2.05) is 0 Å². The Bertz CT molecular complexity index is 250. The van der Waals surface area contributed by atoms with Gasteiger partial charge in [-0.05, 0) is 0 Å². The Morgan fingerprint density at radius 1 is 1.64 bits per heavy atom. The molecule has 0 aliphatic heterocycles. The van der Waals surface area contributed by atoms with Gasteiger partial charge < -0.3 is 10.6 Å². The van der Waals surface area contributed by atoms with Crippen molar-refractivity contribution in [3.05, 3.63) is 12.5 Å². The summed E-state index contributed by atoms with van der Waals surface area (Å²) in [7, 11) is 1.73. The monoisotopic (exact) mass is 152 g/mol. The van der Waals surface area contributed by atoms with E-state index < -0.39 is 0 Å². The van der Waals surface area contributed by atoms with Crippen LogP contribution in [0.2, 0.25) is 0 Å². The molecule has 0 atom stereocenters. The first-order valence-corrected chi connectivity index (χ1v) is 3.06. The summed E-state index contributed by atoms with van der Waals surface area (Å²) in [5, 5.41) is 5.27. The first-order valence-electron chi connectivity index (χ1n) is 3.06. The number of anilines is 2. The number of rotatable bonds is 3. The number of carbonyl (C=O) groups excluding carboxylic acids is 1. The van der Waals surface area contributed by atoms with Gasteiger partial charge in [-0.2, -0.15) is 0 Å². The summed E-state index contributed by atoms with van der Waals surface area (Å²) >= 11 is 0. The second-order valence-electron chi connectivity index (χ2n) is 1.80. The molecule has 0 saturated heterocycles. The average molecular weight is 152 g/mol. The van der Waals surface area contributed by atoms with Crippen molar-refractivity contribution >= 4 is 17.9 Å². The van der Waals surface area contributed by atoms with Gasteiger partial charge in [0.15, 0.2) is 5.82 Å². The lowest BCUT2D eigenvalue weighted by molar-refractivity contribution is -0.105.